The third kappa shape index (κ3) is 5.82. The normalized spacial score (nSPS) is 18.3. The summed E-state index contributed by atoms with van der Waals surface area (Å²) in [5, 5.41) is 0.590. The van der Waals surface area contributed by atoms with Gasteiger partial charge < -0.3 is 18.8 Å². The number of carbonyl (C=O) groups is 1. The molecule has 0 atom stereocenters. The Labute approximate surface area is 189 Å². The number of carbonyl (C=O) groups excluding carboxylic acids is 1. The van der Waals surface area contributed by atoms with Crippen LogP contribution in [0.5, 0.6) is 5.75 Å². The van der Waals surface area contributed by atoms with Crippen LogP contribution in [-0.4, -0.2) is 55.1 Å². The first-order valence-corrected chi connectivity index (χ1v) is 11.5. The maximum atomic E-state index is 13.1. The Bertz CT molecular complexity index is 870. The number of rotatable bonds is 7. The maximum Gasteiger partial charge on any atom is 0.257 e. The van der Waals surface area contributed by atoms with Crippen LogP contribution in [0.2, 0.25) is 5.02 Å². The summed E-state index contributed by atoms with van der Waals surface area (Å²) in [5.74, 6) is 2.46. The lowest BCUT2D eigenvalue weighted by atomic mass is 10.1. The van der Waals surface area contributed by atoms with E-state index in [4.69, 9.17) is 25.5 Å². The Balaban J connectivity index is 1.34. The van der Waals surface area contributed by atoms with E-state index in [2.05, 4.69) is 4.90 Å². The van der Waals surface area contributed by atoms with Crippen molar-refractivity contribution in [2.24, 2.45) is 0 Å². The van der Waals surface area contributed by atoms with Crippen molar-refractivity contribution in [2.75, 3.05) is 33.3 Å². The molecule has 0 saturated carbocycles. The van der Waals surface area contributed by atoms with Crippen molar-refractivity contribution >= 4 is 17.5 Å². The molecule has 1 aromatic heterocycles. The Hall–Kier alpha value is -2.02. The molecule has 4 rings (SSSR count). The van der Waals surface area contributed by atoms with Gasteiger partial charge in [-0.25, -0.2) is 0 Å². The second kappa shape index (κ2) is 10.5. The fourth-order valence-corrected chi connectivity index (χ4v) is 4.51. The molecule has 7 heteroatoms. The summed E-state index contributed by atoms with van der Waals surface area (Å²) in [6, 6.07) is 9.34. The van der Waals surface area contributed by atoms with Gasteiger partial charge in [0.2, 0.25) is 0 Å². The minimum absolute atomic E-state index is 0.0495. The first-order valence-electron chi connectivity index (χ1n) is 11.2. The van der Waals surface area contributed by atoms with Crippen molar-refractivity contribution < 1.29 is 18.7 Å². The van der Waals surface area contributed by atoms with Crippen LogP contribution in [0.4, 0.5) is 0 Å². The highest BCUT2D eigenvalue weighted by Gasteiger charge is 2.26. The number of halogens is 1. The van der Waals surface area contributed by atoms with Crippen LogP contribution in [0, 0.1) is 0 Å². The van der Waals surface area contributed by atoms with Crippen LogP contribution in [0.15, 0.2) is 34.7 Å². The Morgan fingerprint density at radius 2 is 1.81 bits per heavy atom. The minimum atomic E-state index is 0.0495. The largest absolute Gasteiger partial charge is 0.489 e. The SMILES string of the molecule is COCc1ccc(CN2CCC(Oc3cc(Cl)ccc3C(=O)N3CCCCC3)CC2)o1. The fourth-order valence-electron chi connectivity index (χ4n) is 4.35. The monoisotopic (exact) mass is 446 g/mol. The molecule has 0 aliphatic carbocycles. The van der Waals surface area contributed by atoms with Gasteiger partial charge in [0.15, 0.2) is 0 Å². The molecular formula is C24H31ClN2O4. The van der Waals surface area contributed by atoms with Gasteiger partial charge >= 0.3 is 0 Å². The molecule has 2 aliphatic rings. The molecule has 3 heterocycles. The lowest BCUT2D eigenvalue weighted by Crippen LogP contribution is -2.38. The van der Waals surface area contributed by atoms with Crippen molar-refractivity contribution in [3.8, 4) is 5.75 Å². The average molecular weight is 447 g/mol. The second-order valence-electron chi connectivity index (χ2n) is 8.39. The van der Waals surface area contributed by atoms with E-state index in [1.807, 2.05) is 17.0 Å². The molecule has 2 aromatic rings. The third-order valence-electron chi connectivity index (χ3n) is 6.03. The number of amides is 1. The Morgan fingerprint density at radius 3 is 2.55 bits per heavy atom. The zero-order valence-corrected chi connectivity index (χ0v) is 18.9. The number of hydrogen-bond acceptors (Lipinski definition) is 5. The van der Waals surface area contributed by atoms with E-state index in [0.717, 1.165) is 69.9 Å². The van der Waals surface area contributed by atoms with Gasteiger partial charge in [0.25, 0.3) is 5.91 Å². The highest BCUT2D eigenvalue weighted by Crippen LogP contribution is 2.29. The van der Waals surface area contributed by atoms with Crippen molar-refractivity contribution in [3.63, 3.8) is 0 Å². The van der Waals surface area contributed by atoms with Crippen molar-refractivity contribution in [1.29, 1.82) is 0 Å². The van der Waals surface area contributed by atoms with E-state index in [9.17, 15) is 4.79 Å². The smallest absolute Gasteiger partial charge is 0.257 e. The van der Waals surface area contributed by atoms with Gasteiger partial charge in [0.1, 0.15) is 30.0 Å². The zero-order valence-electron chi connectivity index (χ0n) is 18.1. The second-order valence-corrected chi connectivity index (χ2v) is 8.82. The molecule has 0 radical (unpaired) electrons. The quantitative estimate of drug-likeness (QED) is 0.614. The molecule has 0 N–H and O–H groups in total. The van der Waals surface area contributed by atoms with E-state index in [-0.39, 0.29) is 12.0 Å². The number of hydrogen-bond donors (Lipinski definition) is 0. The maximum absolute atomic E-state index is 13.1. The number of benzene rings is 1. The van der Waals surface area contributed by atoms with E-state index >= 15 is 0 Å². The number of nitrogens with zero attached hydrogens (tertiary/aromatic N) is 2. The molecule has 2 aliphatic heterocycles. The number of likely N-dealkylation sites (tertiary alicyclic amines) is 2. The van der Waals surface area contributed by atoms with Gasteiger partial charge in [-0.2, -0.15) is 0 Å². The molecule has 1 aromatic carbocycles. The van der Waals surface area contributed by atoms with Crippen LogP contribution in [0.3, 0.4) is 0 Å². The number of ether oxygens (including phenoxy) is 2. The summed E-state index contributed by atoms with van der Waals surface area (Å²) in [5.41, 5.74) is 0.620. The number of piperidine rings is 2. The number of methoxy groups -OCH3 is 1. The summed E-state index contributed by atoms with van der Waals surface area (Å²) < 4.78 is 17.2. The standard InChI is InChI=1S/C24H31ClN2O4/c1-29-17-21-7-6-20(30-21)16-26-13-9-19(10-14-26)31-23-15-18(25)5-8-22(23)24(28)27-11-3-2-4-12-27/h5-8,15,19H,2-4,9-14,16-17H2,1H3. The molecule has 168 valence electrons. The molecule has 0 bridgehead atoms. The molecule has 2 saturated heterocycles. The zero-order chi connectivity index (χ0) is 21.6. The van der Waals surface area contributed by atoms with Gasteiger partial charge in [-0.1, -0.05) is 11.6 Å². The van der Waals surface area contributed by atoms with Crippen LogP contribution in [-0.2, 0) is 17.9 Å². The predicted octanol–water partition coefficient (Wildman–Crippen LogP) is 4.75. The number of furan rings is 1. The molecule has 31 heavy (non-hydrogen) atoms. The van der Waals surface area contributed by atoms with E-state index in [1.54, 1.807) is 25.3 Å². The first kappa shape index (κ1) is 22.2. The highest BCUT2D eigenvalue weighted by molar-refractivity contribution is 6.30. The third-order valence-corrected chi connectivity index (χ3v) is 6.26. The molecule has 0 spiro atoms. The van der Waals surface area contributed by atoms with Crippen LogP contribution < -0.4 is 4.74 Å². The summed E-state index contributed by atoms with van der Waals surface area (Å²) in [4.78, 5) is 17.4. The molecule has 0 unspecified atom stereocenters. The Kier molecular flexibility index (Phi) is 7.54. The van der Waals surface area contributed by atoms with Crippen LogP contribution >= 0.6 is 11.6 Å². The van der Waals surface area contributed by atoms with Crippen molar-refractivity contribution in [3.05, 3.63) is 52.4 Å². The van der Waals surface area contributed by atoms with Gasteiger partial charge in [0, 0.05) is 38.3 Å². The van der Waals surface area contributed by atoms with E-state index < -0.39 is 0 Å². The van der Waals surface area contributed by atoms with Crippen molar-refractivity contribution in [1.82, 2.24) is 9.80 Å². The van der Waals surface area contributed by atoms with E-state index in [0.29, 0.717) is 22.9 Å². The summed E-state index contributed by atoms with van der Waals surface area (Å²) >= 11 is 6.23. The fraction of sp³-hybridized carbons (Fsp3) is 0.542. The highest BCUT2D eigenvalue weighted by atomic mass is 35.5. The van der Waals surface area contributed by atoms with E-state index in [1.165, 1.54) is 6.42 Å². The predicted molar refractivity (Wildman–Crippen MR) is 120 cm³/mol. The van der Waals surface area contributed by atoms with Gasteiger partial charge in [-0.05, 0) is 62.4 Å². The molecular weight excluding hydrogens is 416 g/mol. The summed E-state index contributed by atoms with van der Waals surface area (Å²) in [6.45, 7) is 4.75. The average Bonchev–Trinajstić information content (AvgIpc) is 3.22. The topological polar surface area (TPSA) is 55.2 Å². The molecule has 1 amide bonds. The van der Waals surface area contributed by atoms with Crippen LogP contribution in [0.1, 0.15) is 54.0 Å². The van der Waals surface area contributed by atoms with Gasteiger partial charge in [0.05, 0.1) is 12.1 Å². The van der Waals surface area contributed by atoms with Crippen LogP contribution in [0.25, 0.3) is 0 Å². The van der Waals surface area contributed by atoms with Gasteiger partial charge in [-0.15, -0.1) is 0 Å². The van der Waals surface area contributed by atoms with Gasteiger partial charge in [-0.3, -0.25) is 9.69 Å². The first-order chi connectivity index (χ1) is 15.1. The van der Waals surface area contributed by atoms with Crippen molar-refractivity contribution in [2.45, 2.75) is 51.4 Å². The Morgan fingerprint density at radius 1 is 1.06 bits per heavy atom. The lowest BCUT2D eigenvalue weighted by molar-refractivity contribution is 0.0698. The summed E-state index contributed by atoms with van der Waals surface area (Å²) in [7, 11) is 1.67. The molecule has 6 nitrogen and oxygen atoms in total. The molecule has 2 fully saturated rings. The summed E-state index contributed by atoms with van der Waals surface area (Å²) in [6.07, 6.45) is 5.19. The lowest BCUT2D eigenvalue weighted by Gasteiger charge is -2.32. The minimum Gasteiger partial charge on any atom is -0.489 e.